The highest BCUT2D eigenvalue weighted by molar-refractivity contribution is 6.42. The van der Waals surface area contributed by atoms with Crippen molar-refractivity contribution >= 4 is 35.0 Å². The Morgan fingerprint density at radius 1 is 1.03 bits per heavy atom. The van der Waals surface area contributed by atoms with Crippen LogP contribution >= 0.6 is 23.2 Å². The second-order valence-electron chi connectivity index (χ2n) is 7.22. The molecule has 0 radical (unpaired) electrons. The van der Waals surface area contributed by atoms with Crippen LogP contribution in [0.3, 0.4) is 0 Å². The lowest BCUT2D eigenvalue weighted by atomic mass is 10.1. The average molecular weight is 481 g/mol. The van der Waals surface area contributed by atoms with Crippen molar-refractivity contribution in [2.24, 2.45) is 0 Å². The molecule has 0 spiro atoms. The van der Waals surface area contributed by atoms with Crippen molar-refractivity contribution in [1.29, 1.82) is 0 Å². The highest BCUT2D eigenvalue weighted by atomic mass is 35.5. The maximum atomic E-state index is 13.1. The molecule has 0 heterocycles. The van der Waals surface area contributed by atoms with Gasteiger partial charge in [-0.2, -0.15) is 0 Å². The Kier molecular flexibility index (Phi) is 10.6. The highest BCUT2D eigenvalue weighted by Crippen LogP contribution is 2.24. The van der Waals surface area contributed by atoms with E-state index in [1.54, 1.807) is 24.1 Å². The second kappa shape index (κ2) is 13.2. The first kappa shape index (κ1) is 25.8. The first-order chi connectivity index (χ1) is 15.4. The van der Waals surface area contributed by atoms with Gasteiger partial charge in [-0.15, -0.1) is 0 Å². The van der Waals surface area contributed by atoms with Gasteiger partial charge in [0.25, 0.3) is 0 Å². The van der Waals surface area contributed by atoms with E-state index in [9.17, 15) is 9.59 Å². The smallest absolute Gasteiger partial charge is 0.242 e. The molecule has 0 saturated carbocycles. The number of ether oxygens (including phenoxy) is 2. The molecule has 0 aliphatic heterocycles. The van der Waals surface area contributed by atoms with Crippen molar-refractivity contribution in [2.45, 2.75) is 45.7 Å². The van der Waals surface area contributed by atoms with Gasteiger partial charge in [-0.25, -0.2) is 0 Å². The Bertz CT molecular complexity index is 890. The minimum atomic E-state index is -0.570. The number of carbonyl (C=O) groups excluding carboxylic acids is 2. The molecule has 8 heteroatoms. The van der Waals surface area contributed by atoms with E-state index in [1.165, 1.54) is 0 Å². The number of nitrogens with zero attached hydrogens (tertiary/aromatic N) is 1. The minimum Gasteiger partial charge on any atom is -0.497 e. The lowest BCUT2D eigenvalue weighted by Gasteiger charge is -2.30. The zero-order valence-electron chi connectivity index (χ0n) is 18.7. The van der Waals surface area contributed by atoms with Gasteiger partial charge >= 0.3 is 0 Å². The molecule has 2 aromatic rings. The number of carbonyl (C=O) groups is 2. The fraction of sp³-hybridized carbons (Fsp3) is 0.417. The van der Waals surface area contributed by atoms with Gasteiger partial charge in [0, 0.05) is 19.5 Å². The van der Waals surface area contributed by atoms with Crippen LogP contribution in [-0.4, -0.2) is 43.0 Å². The molecular formula is C24H30Cl2N2O4. The summed E-state index contributed by atoms with van der Waals surface area (Å²) in [6.07, 6.45) is 1.28. The maximum absolute atomic E-state index is 13.1. The lowest BCUT2D eigenvalue weighted by molar-refractivity contribution is -0.141. The summed E-state index contributed by atoms with van der Waals surface area (Å²) in [5, 5.41) is 3.68. The van der Waals surface area contributed by atoms with Crippen molar-refractivity contribution in [3.63, 3.8) is 0 Å². The van der Waals surface area contributed by atoms with E-state index >= 15 is 0 Å². The molecule has 0 bridgehead atoms. The number of amides is 2. The van der Waals surface area contributed by atoms with Crippen LogP contribution in [0.15, 0.2) is 42.5 Å². The van der Waals surface area contributed by atoms with E-state index in [0.717, 1.165) is 11.3 Å². The fourth-order valence-electron chi connectivity index (χ4n) is 3.28. The van der Waals surface area contributed by atoms with Crippen molar-refractivity contribution in [3.8, 4) is 11.5 Å². The summed E-state index contributed by atoms with van der Waals surface area (Å²) >= 11 is 12.2. The summed E-state index contributed by atoms with van der Waals surface area (Å²) in [7, 11) is 1.61. The number of methoxy groups -OCH3 is 1. The highest BCUT2D eigenvalue weighted by Gasteiger charge is 2.28. The molecule has 2 aromatic carbocycles. The minimum absolute atomic E-state index is 0.118. The molecule has 0 aliphatic rings. The normalized spacial score (nSPS) is 11.5. The number of halogens is 2. The molecular weight excluding hydrogens is 451 g/mol. The third-order valence-corrected chi connectivity index (χ3v) is 5.68. The molecule has 0 saturated heterocycles. The summed E-state index contributed by atoms with van der Waals surface area (Å²) in [4.78, 5) is 27.3. The van der Waals surface area contributed by atoms with E-state index in [1.807, 2.05) is 44.2 Å². The topological polar surface area (TPSA) is 67.9 Å². The third-order valence-electron chi connectivity index (χ3n) is 4.94. The Morgan fingerprint density at radius 3 is 2.31 bits per heavy atom. The van der Waals surface area contributed by atoms with E-state index in [-0.39, 0.29) is 24.8 Å². The van der Waals surface area contributed by atoms with Crippen molar-refractivity contribution in [3.05, 3.63) is 58.1 Å². The van der Waals surface area contributed by atoms with Crippen molar-refractivity contribution in [2.75, 3.05) is 20.3 Å². The van der Waals surface area contributed by atoms with E-state index in [4.69, 9.17) is 32.7 Å². The second-order valence-corrected chi connectivity index (χ2v) is 8.03. The number of benzene rings is 2. The first-order valence-corrected chi connectivity index (χ1v) is 11.4. The number of hydrogen-bond donors (Lipinski definition) is 1. The predicted octanol–water partition coefficient (Wildman–Crippen LogP) is 5.10. The van der Waals surface area contributed by atoms with Gasteiger partial charge in [-0.1, -0.05) is 36.2 Å². The van der Waals surface area contributed by atoms with Gasteiger partial charge in [0.15, 0.2) is 0 Å². The monoisotopic (exact) mass is 480 g/mol. The van der Waals surface area contributed by atoms with Gasteiger partial charge in [0.2, 0.25) is 11.8 Å². The number of nitrogens with one attached hydrogen (secondary N) is 1. The Morgan fingerprint density at radius 2 is 1.72 bits per heavy atom. The molecule has 6 nitrogen and oxygen atoms in total. The van der Waals surface area contributed by atoms with Crippen LogP contribution in [0.2, 0.25) is 10.0 Å². The van der Waals surface area contributed by atoms with Crippen LogP contribution in [0.1, 0.15) is 38.7 Å². The Labute approximate surface area is 199 Å². The Balaban J connectivity index is 2.04. The summed E-state index contributed by atoms with van der Waals surface area (Å²) < 4.78 is 10.8. The molecule has 1 N–H and O–H groups in total. The van der Waals surface area contributed by atoms with Crippen LogP contribution in [0, 0.1) is 0 Å². The summed E-state index contributed by atoms with van der Waals surface area (Å²) in [5.74, 6) is 1.17. The van der Waals surface area contributed by atoms with Crippen LogP contribution in [-0.2, 0) is 16.1 Å². The predicted molar refractivity (Wildman–Crippen MR) is 127 cm³/mol. The molecule has 32 heavy (non-hydrogen) atoms. The number of hydrogen-bond acceptors (Lipinski definition) is 4. The summed E-state index contributed by atoms with van der Waals surface area (Å²) in [5.41, 5.74) is 0.810. The third kappa shape index (κ3) is 7.61. The SMILES string of the molecule is CCNC(=O)[C@H](CC)N(Cc1ccc(Cl)c(Cl)c1)C(=O)CCCOc1ccc(OC)cc1. The largest absolute Gasteiger partial charge is 0.497 e. The van der Waals surface area contributed by atoms with Gasteiger partial charge in [0.05, 0.1) is 23.8 Å². The van der Waals surface area contributed by atoms with Crippen LogP contribution < -0.4 is 14.8 Å². The van der Waals surface area contributed by atoms with Gasteiger partial charge < -0.3 is 19.7 Å². The molecule has 0 fully saturated rings. The van der Waals surface area contributed by atoms with Crippen molar-refractivity contribution in [1.82, 2.24) is 10.2 Å². The zero-order chi connectivity index (χ0) is 23.5. The molecule has 2 rings (SSSR count). The standard InChI is InChI=1S/C24H30Cl2N2O4/c1-4-22(24(30)27-5-2)28(16-17-8-13-20(25)21(26)15-17)23(29)7-6-14-32-19-11-9-18(31-3)10-12-19/h8-13,15,22H,4-7,14,16H2,1-3H3,(H,27,30)/t22-/m0/s1. The van der Waals surface area contributed by atoms with Crippen LogP contribution in [0.25, 0.3) is 0 Å². The number of likely N-dealkylation sites (N-methyl/N-ethyl adjacent to an activating group) is 1. The quantitative estimate of drug-likeness (QED) is 0.428. The molecule has 2 amide bonds. The fourth-order valence-corrected chi connectivity index (χ4v) is 3.60. The summed E-state index contributed by atoms with van der Waals surface area (Å²) in [6.45, 7) is 4.90. The van der Waals surface area contributed by atoms with Gasteiger partial charge in [-0.05, 0) is 61.7 Å². The Hall–Kier alpha value is -2.44. The molecule has 0 aliphatic carbocycles. The van der Waals surface area contributed by atoms with E-state index < -0.39 is 6.04 Å². The molecule has 174 valence electrons. The molecule has 0 aromatic heterocycles. The molecule has 0 unspecified atom stereocenters. The van der Waals surface area contributed by atoms with E-state index in [0.29, 0.717) is 41.8 Å². The number of rotatable bonds is 12. The van der Waals surface area contributed by atoms with E-state index in [2.05, 4.69) is 5.32 Å². The van der Waals surface area contributed by atoms with Gasteiger partial charge in [-0.3, -0.25) is 9.59 Å². The van der Waals surface area contributed by atoms with Gasteiger partial charge in [0.1, 0.15) is 17.5 Å². The van der Waals surface area contributed by atoms with Crippen LogP contribution in [0.4, 0.5) is 0 Å². The molecule has 1 atom stereocenters. The summed E-state index contributed by atoms with van der Waals surface area (Å²) in [6, 6.07) is 11.9. The lowest BCUT2D eigenvalue weighted by Crippen LogP contribution is -2.49. The maximum Gasteiger partial charge on any atom is 0.242 e. The zero-order valence-corrected chi connectivity index (χ0v) is 20.2. The van der Waals surface area contributed by atoms with Crippen LogP contribution in [0.5, 0.6) is 11.5 Å². The average Bonchev–Trinajstić information content (AvgIpc) is 2.79. The van der Waals surface area contributed by atoms with Crippen molar-refractivity contribution < 1.29 is 19.1 Å². The first-order valence-electron chi connectivity index (χ1n) is 10.7.